The van der Waals surface area contributed by atoms with Crippen molar-refractivity contribution >= 4 is 23.8 Å². The van der Waals surface area contributed by atoms with Gasteiger partial charge in [-0.25, -0.2) is 14.8 Å². The summed E-state index contributed by atoms with van der Waals surface area (Å²) in [5.41, 5.74) is 0.0280. The Labute approximate surface area is 151 Å². The third-order valence-electron chi connectivity index (χ3n) is 4.13. The van der Waals surface area contributed by atoms with Crippen LogP contribution in [0.3, 0.4) is 0 Å². The molecule has 0 unspecified atom stereocenters. The number of ether oxygens (including phenoxy) is 1. The van der Waals surface area contributed by atoms with Crippen molar-refractivity contribution in [3.05, 3.63) is 35.4 Å². The molecule has 3 rings (SSSR count). The highest BCUT2D eigenvalue weighted by Crippen LogP contribution is 2.23. The smallest absolute Gasteiger partial charge is 0.429 e. The molecule has 0 bridgehead atoms. The van der Waals surface area contributed by atoms with E-state index in [1.807, 2.05) is 0 Å². The van der Waals surface area contributed by atoms with Crippen LogP contribution in [0, 0.1) is 0 Å². The van der Waals surface area contributed by atoms with Crippen LogP contribution in [0.4, 0.5) is 4.79 Å². The number of imide groups is 1. The Morgan fingerprint density at radius 1 is 1.04 bits per heavy atom. The summed E-state index contributed by atoms with van der Waals surface area (Å²) in [6.07, 6.45) is -0.438. The highest BCUT2D eigenvalue weighted by Gasteiger charge is 2.39. The predicted molar refractivity (Wildman–Crippen MR) is 91.1 cm³/mol. The van der Waals surface area contributed by atoms with Gasteiger partial charge >= 0.3 is 6.09 Å². The molecule has 138 valence electrons. The second-order valence-corrected chi connectivity index (χ2v) is 7.18. The highest BCUT2D eigenvalue weighted by atomic mass is 16.6. The SMILES string of the molecule is CC(C)(C)OC(=O)N1CCC(=O)N1CCN1C(=O)c2ccccc2C1=O. The Hall–Kier alpha value is -2.90. The minimum atomic E-state index is -0.684. The molecule has 0 N–H and O–H groups in total. The molecular weight excluding hydrogens is 338 g/mol. The number of amides is 4. The summed E-state index contributed by atoms with van der Waals surface area (Å²) < 4.78 is 5.31. The fourth-order valence-corrected chi connectivity index (χ4v) is 2.97. The van der Waals surface area contributed by atoms with E-state index >= 15 is 0 Å². The van der Waals surface area contributed by atoms with E-state index in [1.54, 1.807) is 45.0 Å². The van der Waals surface area contributed by atoms with E-state index in [0.29, 0.717) is 11.1 Å². The average molecular weight is 359 g/mol. The van der Waals surface area contributed by atoms with Crippen molar-refractivity contribution in [2.75, 3.05) is 19.6 Å². The Morgan fingerprint density at radius 3 is 2.15 bits per heavy atom. The Morgan fingerprint density at radius 2 is 1.62 bits per heavy atom. The minimum Gasteiger partial charge on any atom is -0.442 e. The fourth-order valence-electron chi connectivity index (χ4n) is 2.97. The van der Waals surface area contributed by atoms with E-state index in [2.05, 4.69) is 0 Å². The molecule has 0 aliphatic carbocycles. The molecule has 26 heavy (non-hydrogen) atoms. The zero-order valence-corrected chi connectivity index (χ0v) is 15.0. The molecule has 0 aromatic heterocycles. The van der Waals surface area contributed by atoms with Gasteiger partial charge in [0.1, 0.15) is 5.60 Å². The van der Waals surface area contributed by atoms with Gasteiger partial charge in [0.15, 0.2) is 0 Å². The molecule has 0 radical (unpaired) electrons. The number of hydrogen-bond donors (Lipinski definition) is 0. The van der Waals surface area contributed by atoms with E-state index in [1.165, 1.54) is 10.0 Å². The molecule has 1 aromatic rings. The molecule has 2 aliphatic rings. The predicted octanol–water partition coefficient (Wildman–Crippen LogP) is 1.67. The highest BCUT2D eigenvalue weighted by molar-refractivity contribution is 6.21. The number of rotatable bonds is 3. The lowest BCUT2D eigenvalue weighted by Gasteiger charge is -2.31. The Kier molecular flexibility index (Phi) is 4.43. The molecule has 1 aromatic carbocycles. The van der Waals surface area contributed by atoms with E-state index in [9.17, 15) is 19.2 Å². The van der Waals surface area contributed by atoms with Gasteiger partial charge in [-0.05, 0) is 32.9 Å². The number of fused-ring (bicyclic) bond motifs is 1. The Balaban J connectivity index is 1.68. The Bertz CT molecular complexity index is 748. The molecule has 0 atom stereocenters. The van der Waals surface area contributed by atoms with Crippen LogP contribution in [-0.4, -0.2) is 64.0 Å². The lowest BCUT2D eigenvalue weighted by molar-refractivity contribution is -0.137. The number of carbonyl (C=O) groups is 4. The summed E-state index contributed by atoms with van der Waals surface area (Å²) in [6.45, 7) is 5.50. The topological polar surface area (TPSA) is 87.2 Å². The third kappa shape index (κ3) is 3.26. The summed E-state index contributed by atoms with van der Waals surface area (Å²) in [7, 11) is 0. The van der Waals surface area contributed by atoms with Gasteiger partial charge in [-0.2, -0.15) is 0 Å². The first-order valence-corrected chi connectivity index (χ1v) is 8.45. The molecule has 2 heterocycles. The van der Waals surface area contributed by atoms with E-state index in [-0.39, 0.29) is 43.8 Å². The number of hydrogen-bond acceptors (Lipinski definition) is 5. The van der Waals surface area contributed by atoms with Crippen LogP contribution in [0.2, 0.25) is 0 Å². The quantitative estimate of drug-likeness (QED) is 0.766. The van der Waals surface area contributed by atoms with Gasteiger partial charge < -0.3 is 4.74 Å². The van der Waals surface area contributed by atoms with Crippen molar-refractivity contribution in [1.82, 2.24) is 14.9 Å². The second kappa shape index (κ2) is 6.44. The van der Waals surface area contributed by atoms with Crippen molar-refractivity contribution in [2.45, 2.75) is 32.8 Å². The first kappa shape index (κ1) is 17.9. The van der Waals surface area contributed by atoms with Gasteiger partial charge in [0.2, 0.25) is 5.91 Å². The number of carbonyl (C=O) groups excluding carboxylic acids is 4. The van der Waals surface area contributed by atoms with E-state index in [4.69, 9.17) is 4.74 Å². The maximum absolute atomic E-state index is 12.4. The molecule has 8 heteroatoms. The van der Waals surface area contributed by atoms with Gasteiger partial charge in [0, 0.05) is 13.0 Å². The van der Waals surface area contributed by atoms with Crippen molar-refractivity contribution < 1.29 is 23.9 Å². The van der Waals surface area contributed by atoms with Crippen LogP contribution in [0.1, 0.15) is 47.9 Å². The van der Waals surface area contributed by atoms with Gasteiger partial charge in [-0.3, -0.25) is 19.3 Å². The van der Waals surface area contributed by atoms with Crippen LogP contribution in [0.5, 0.6) is 0 Å². The average Bonchev–Trinajstić information content (AvgIpc) is 3.04. The van der Waals surface area contributed by atoms with Gasteiger partial charge in [-0.1, -0.05) is 12.1 Å². The van der Waals surface area contributed by atoms with E-state index in [0.717, 1.165) is 4.90 Å². The number of nitrogens with zero attached hydrogens (tertiary/aromatic N) is 3. The zero-order valence-electron chi connectivity index (χ0n) is 15.0. The molecule has 8 nitrogen and oxygen atoms in total. The van der Waals surface area contributed by atoms with Crippen molar-refractivity contribution in [3.8, 4) is 0 Å². The third-order valence-corrected chi connectivity index (χ3v) is 4.13. The van der Waals surface area contributed by atoms with Crippen LogP contribution >= 0.6 is 0 Å². The summed E-state index contributed by atoms with van der Waals surface area (Å²) in [4.78, 5) is 50.3. The fraction of sp³-hybridized carbons (Fsp3) is 0.444. The zero-order chi connectivity index (χ0) is 19.1. The van der Waals surface area contributed by atoms with Crippen LogP contribution in [0.15, 0.2) is 24.3 Å². The van der Waals surface area contributed by atoms with Gasteiger partial charge in [-0.15, -0.1) is 0 Å². The molecule has 2 aliphatic heterocycles. The van der Waals surface area contributed by atoms with Crippen LogP contribution in [-0.2, 0) is 9.53 Å². The largest absolute Gasteiger partial charge is 0.442 e. The molecule has 1 fully saturated rings. The van der Waals surface area contributed by atoms with Crippen LogP contribution in [0.25, 0.3) is 0 Å². The number of hydrazine groups is 1. The van der Waals surface area contributed by atoms with Crippen molar-refractivity contribution in [3.63, 3.8) is 0 Å². The molecule has 0 spiro atoms. The first-order chi connectivity index (χ1) is 12.2. The lowest BCUT2D eigenvalue weighted by atomic mass is 10.1. The molecule has 4 amide bonds. The monoisotopic (exact) mass is 359 g/mol. The van der Waals surface area contributed by atoms with Gasteiger partial charge in [0.25, 0.3) is 11.8 Å². The minimum absolute atomic E-state index is 0.0113. The molecular formula is C18H21N3O5. The summed E-state index contributed by atoms with van der Waals surface area (Å²) >= 11 is 0. The summed E-state index contributed by atoms with van der Waals surface area (Å²) in [5.74, 6) is -1.02. The first-order valence-electron chi connectivity index (χ1n) is 8.45. The number of benzene rings is 1. The molecule has 0 saturated carbocycles. The normalized spacial score (nSPS) is 17.2. The van der Waals surface area contributed by atoms with E-state index < -0.39 is 11.7 Å². The maximum atomic E-state index is 12.4. The van der Waals surface area contributed by atoms with Gasteiger partial charge in [0.05, 0.1) is 24.2 Å². The maximum Gasteiger partial charge on any atom is 0.429 e. The van der Waals surface area contributed by atoms with Crippen LogP contribution < -0.4 is 0 Å². The summed E-state index contributed by atoms with van der Waals surface area (Å²) in [6, 6.07) is 6.59. The lowest BCUT2D eigenvalue weighted by Crippen LogP contribution is -2.48. The van der Waals surface area contributed by atoms with Crippen molar-refractivity contribution in [1.29, 1.82) is 0 Å². The second-order valence-electron chi connectivity index (χ2n) is 7.18. The molecule has 1 saturated heterocycles. The van der Waals surface area contributed by atoms with Crippen molar-refractivity contribution in [2.24, 2.45) is 0 Å². The summed E-state index contributed by atoms with van der Waals surface area (Å²) in [5, 5.41) is 2.48. The standard InChI is InChI=1S/C18H21N3O5/c1-18(2,3)26-17(25)21-9-8-14(22)20(21)11-10-19-15(23)12-6-4-5-7-13(12)16(19)24/h4-7H,8-11H2,1-3H3.